The number of amides is 1. The lowest BCUT2D eigenvalue weighted by molar-refractivity contribution is -0.154. The number of hydrogen-bond acceptors (Lipinski definition) is 4. The van der Waals surface area contributed by atoms with E-state index in [0.717, 1.165) is 56.0 Å². The smallest absolute Gasteiger partial charge is 0.306 e. The van der Waals surface area contributed by atoms with Gasteiger partial charge < -0.3 is 20.7 Å². The number of ether oxygens (including phenoxy) is 1. The monoisotopic (exact) mass is 430 g/mol. The molecule has 172 valence electrons. The van der Waals surface area contributed by atoms with Crippen LogP contribution in [0.5, 0.6) is 0 Å². The van der Waals surface area contributed by atoms with E-state index in [2.05, 4.69) is 22.0 Å². The van der Waals surface area contributed by atoms with Gasteiger partial charge in [-0.15, -0.1) is 0 Å². The fourth-order valence-corrected chi connectivity index (χ4v) is 3.56. The number of guanidine groups is 1. The zero-order valence-corrected chi connectivity index (χ0v) is 19.4. The number of carbonyl (C=O) groups is 2. The molecule has 3 N–H and O–H groups in total. The first-order chi connectivity index (χ1) is 14.8. The Morgan fingerprint density at radius 3 is 2.65 bits per heavy atom. The Morgan fingerprint density at radius 1 is 1.16 bits per heavy atom. The van der Waals surface area contributed by atoms with Gasteiger partial charge in [0.25, 0.3) is 0 Å². The first kappa shape index (κ1) is 24.7. The van der Waals surface area contributed by atoms with Gasteiger partial charge in [-0.05, 0) is 52.2 Å². The van der Waals surface area contributed by atoms with Crippen LogP contribution in [0.3, 0.4) is 0 Å². The number of aliphatic imine (C=N–C) groups is 1. The van der Waals surface area contributed by atoms with Crippen molar-refractivity contribution in [2.24, 2.45) is 4.99 Å². The van der Waals surface area contributed by atoms with Crippen molar-refractivity contribution in [3.05, 3.63) is 29.8 Å². The number of fused-ring (bicyclic) bond motifs is 1. The van der Waals surface area contributed by atoms with Crippen molar-refractivity contribution in [3.63, 3.8) is 0 Å². The van der Waals surface area contributed by atoms with E-state index >= 15 is 0 Å². The van der Waals surface area contributed by atoms with Crippen LogP contribution in [0.4, 0.5) is 5.69 Å². The normalized spacial score (nSPS) is 16.3. The van der Waals surface area contributed by atoms with Crippen molar-refractivity contribution in [1.82, 2.24) is 10.6 Å². The lowest BCUT2D eigenvalue weighted by Crippen LogP contribution is -2.38. The molecule has 0 fully saturated rings. The maximum absolute atomic E-state index is 12.0. The van der Waals surface area contributed by atoms with Gasteiger partial charge in [-0.3, -0.25) is 14.6 Å². The van der Waals surface area contributed by atoms with Gasteiger partial charge in [0.2, 0.25) is 5.91 Å². The van der Waals surface area contributed by atoms with E-state index in [1.165, 1.54) is 0 Å². The van der Waals surface area contributed by atoms with E-state index in [1.54, 1.807) is 0 Å². The molecule has 0 radical (unpaired) electrons. The third-order valence-electron chi connectivity index (χ3n) is 4.94. The van der Waals surface area contributed by atoms with Gasteiger partial charge in [0, 0.05) is 37.5 Å². The molecule has 1 aliphatic heterocycles. The summed E-state index contributed by atoms with van der Waals surface area (Å²) in [6.45, 7) is 9.88. The predicted molar refractivity (Wildman–Crippen MR) is 125 cm³/mol. The lowest BCUT2D eigenvalue weighted by atomic mass is 9.91. The third kappa shape index (κ3) is 9.40. The minimum atomic E-state index is -0.410. The topological polar surface area (TPSA) is 91.8 Å². The molecule has 0 spiro atoms. The number of nitrogens with one attached hydrogen (secondary N) is 3. The zero-order valence-electron chi connectivity index (χ0n) is 19.4. The Hall–Kier alpha value is -2.57. The highest BCUT2D eigenvalue weighted by atomic mass is 16.6. The number of esters is 1. The third-order valence-corrected chi connectivity index (χ3v) is 4.94. The zero-order chi connectivity index (χ0) is 22.7. The second-order valence-electron chi connectivity index (χ2n) is 8.93. The van der Waals surface area contributed by atoms with Crippen LogP contribution in [-0.4, -0.2) is 43.1 Å². The number of para-hydroxylation sites is 1. The van der Waals surface area contributed by atoms with Crippen molar-refractivity contribution < 1.29 is 14.3 Å². The van der Waals surface area contributed by atoms with Gasteiger partial charge in [0.15, 0.2) is 5.96 Å². The molecule has 1 heterocycles. The fraction of sp³-hybridized carbons (Fsp3) is 0.625. The Bertz CT molecular complexity index is 755. The van der Waals surface area contributed by atoms with Crippen LogP contribution in [0.1, 0.15) is 77.7 Å². The highest BCUT2D eigenvalue weighted by molar-refractivity contribution is 5.94. The summed E-state index contributed by atoms with van der Waals surface area (Å²) in [4.78, 5) is 28.4. The lowest BCUT2D eigenvalue weighted by Gasteiger charge is -2.24. The number of nitrogens with zero attached hydrogens (tertiary/aromatic N) is 1. The summed E-state index contributed by atoms with van der Waals surface area (Å²) < 4.78 is 5.33. The maximum atomic E-state index is 12.0. The average molecular weight is 431 g/mol. The van der Waals surface area contributed by atoms with Crippen molar-refractivity contribution in [1.29, 1.82) is 0 Å². The van der Waals surface area contributed by atoms with E-state index in [9.17, 15) is 9.59 Å². The number of anilines is 1. The molecule has 31 heavy (non-hydrogen) atoms. The number of benzene rings is 1. The van der Waals surface area contributed by atoms with Crippen molar-refractivity contribution in [2.75, 3.05) is 25.0 Å². The highest BCUT2D eigenvalue weighted by Crippen LogP contribution is 2.31. The molecule has 7 nitrogen and oxygen atoms in total. The molecule has 1 amide bonds. The van der Waals surface area contributed by atoms with E-state index in [-0.39, 0.29) is 17.8 Å². The van der Waals surface area contributed by atoms with Crippen LogP contribution in [0.25, 0.3) is 0 Å². The summed E-state index contributed by atoms with van der Waals surface area (Å²) >= 11 is 0. The second kappa shape index (κ2) is 12.3. The quantitative estimate of drug-likeness (QED) is 0.226. The Labute approximate surface area is 186 Å². The van der Waals surface area contributed by atoms with Crippen LogP contribution in [0.2, 0.25) is 0 Å². The van der Waals surface area contributed by atoms with Crippen molar-refractivity contribution in [2.45, 2.75) is 77.7 Å². The van der Waals surface area contributed by atoms with E-state index in [1.807, 2.05) is 45.9 Å². The Kier molecular flexibility index (Phi) is 9.82. The molecule has 1 atom stereocenters. The molecule has 1 aromatic rings. The molecule has 0 bridgehead atoms. The Balaban J connectivity index is 1.71. The summed E-state index contributed by atoms with van der Waals surface area (Å²) in [5, 5.41) is 9.58. The maximum Gasteiger partial charge on any atom is 0.306 e. The highest BCUT2D eigenvalue weighted by Gasteiger charge is 2.24. The second-order valence-corrected chi connectivity index (χ2v) is 8.93. The van der Waals surface area contributed by atoms with Gasteiger partial charge in [0.05, 0.1) is 6.54 Å². The van der Waals surface area contributed by atoms with Crippen molar-refractivity contribution >= 4 is 23.5 Å². The average Bonchev–Trinajstić information content (AvgIpc) is 2.69. The molecule has 0 saturated carbocycles. The van der Waals surface area contributed by atoms with Gasteiger partial charge in [-0.25, -0.2) is 0 Å². The van der Waals surface area contributed by atoms with E-state index in [4.69, 9.17) is 9.73 Å². The number of hydrogen-bond donors (Lipinski definition) is 3. The molecule has 2 rings (SSSR count). The molecular weight excluding hydrogens is 392 g/mol. The largest absolute Gasteiger partial charge is 0.460 e. The van der Waals surface area contributed by atoms with Crippen LogP contribution in [-0.2, 0) is 14.3 Å². The molecule has 7 heteroatoms. The standard InChI is InChI=1S/C24H38N4O3/c1-5-25-23(26-15-11-7-6-8-14-22(30)31-24(2,3)4)27-17-18-16-21(29)28-20-13-10-9-12-19(18)20/h9-10,12-13,18H,5-8,11,14-17H2,1-4H3,(H,28,29)(H2,25,26,27). The van der Waals surface area contributed by atoms with Gasteiger partial charge >= 0.3 is 5.97 Å². The Morgan fingerprint density at radius 2 is 1.90 bits per heavy atom. The first-order valence-electron chi connectivity index (χ1n) is 11.4. The minimum Gasteiger partial charge on any atom is -0.460 e. The number of rotatable bonds is 10. The number of carbonyl (C=O) groups excluding carboxylic acids is 2. The van der Waals surface area contributed by atoms with Gasteiger partial charge in [0.1, 0.15) is 5.60 Å². The SMILES string of the molecule is CCNC(=NCC1CC(=O)Nc2ccccc21)NCCCCCCC(=O)OC(C)(C)C. The molecule has 1 unspecified atom stereocenters. The first-order valence-corrected chi connectivity index (χ1v) is 11.4. The van der Waals surface area contributed by atoms with Crippen LogP contribution in [0, 0.1) is 0 Å². The van der Waals surface area contributed by atoms with E-state index in [0.29, 0.717) is 19.4 Å². The van der Waals surface area contributed by atoms with Crippen molar-refractivity contribution in [3.8, 4) is 0 Å². The summed E-state index contributed by atoms with van der Waals surface area (Å²) in [5.74, 6) is 0.793. The molecule has 0 aromatic heterocycles. The van der Waals surface area contributed by atoms with Gasteiger partial charge in [-0.2, -0.15) is 0 Å². The summed E-state index contributed by atoms with van der Waals surface area (Å²) in [7, 11) is 0. The summed E-state index contributed by atoms with van der Waals surface area (Å²) in [6, 6.07) is 7.94. The van der Waals surface area contributed by atoms with E-state index < -0.39 is 5.60 Å². The molecular formula is C24H38N4O3. The fourth-order valence-electron chi connectivity index (χ4n) is 3.56. The van der Waals surface area contributed by atoms with Crippen LogP contribution < -0.4 is 16.0 Å². The summed E-state index contributed by atoms with van der Waals surface area (Å²) in [5.41, 5.74) is 1.63. The molecule has 1 aliphatic rings. The molecule has 0 aliphatic carbocycles. The minimum absolute atomic E-state index is 0.0447. The summed E-state index contributed by atoms with van der Waals surface area (Å²) in [6.07, 6.45) is 4.84. The van der Waals surface area contributed by atoms with Crippen LogP contribution in [0.15, 0.2) is 29.3 Å². The predicted octanol–water partition coefficient (Wildman–Crippen LogP) is 3.96. The molecule has 0 saturated heterocycles. The van der Waals surface area contributed by atoms with Gasteiger partial charge in [-0.1, -0.05) is 31.0 Å². The van der Waals surface area contributed by atoms with Crippen LogP contribution >= 0.6 is 0 Å². The molecule has 1 aromatic carbocycles. The number of unbranched alkanes of at least 4 members (excludes halogenated alkanes) is 3.